The van der Waals surface area contributed by atoms with Gasteiger partial charge in [-0.05, 0) is 43.7 Å². The van der Waals surface area contributed by atoms with Gasteiger partial charge in [0.1, 0.15) is 23.3 Å². The standard InChI is InChI=1S/C21H27NO5/c1-5-27-20(23)19-18-17(26-4)12-16(25-3)13-21(18,9-10-22-19)14-7-6-8-15(11-14)24-2/h6-8,11-13,18-19,22H,5,9-10H2,1-4H3/t18-,19+,21-/m1/s1. The molecule has 0 radical (unpaired) electrons. The van der Waals surface area contributed by atoms with Crippen LogP contribution >= 0.6 is 0 Å². The molecular weight excluding hydrogens is 346 g/mol. The highest BCUT2D eigenvalue weighted by Gasteiger charge is 2.53. The molecule has 0 unspecified atom stereocenters. The number of fused-ring (bicyclic) bond motifs is 1. The number of hydrogen-bond donors (Lipinski definition) is 1. The molecular formula is C21H27NO5. The Balaban J connectivity index is 2.17. The molecule has 0 spiro atoms. The number of ether oxygens (including phenoxy) is 4. The third-order valence-corrected chi connectivity index (χ3v) is 5.40. The van der Waals surface area contributed by atoms with E-state index in [9.17, 15) is 4.79 Å². The first-order valence-electron chi connectivity index (χ1n) is 9.16. The second kappa shape index (κ2) is 8.05. The number of esters is 1. The van der Waals surface area contributed by atoms with E-state index in [1.165, 1.54) is 0 Å². The lowest BCUT2D eigenvalue weighted by Crippen LogP contribution is -2.59. The molecule has 1 saturated heterocycles. The molecule has 6 heteroatoms. The largest absolute Gasteiger partial charge is 0.501 e. The number of allylic oxidation sites excluding steroid dienone is 2. The van der Waals surface area contributed by atoms with E-state index >= 15 is 0 Å². The SMILES string of the molecule is CCOC(=O)[C@H]1NCC[C@]2(c3cccc(OC)c3)C=C(OC)C=C(OC)[C@H]12. The number of methoxy groups -OCH3 is 3. The van der Waals surface area contributed by atoms with Crippen LogP contribution in [-0.4, -0.2) is 46.5 Å². The third kappa shape index (κ3) is 3.41. The van der Waals surface area contributed by atoms with E-state index in [2.05, 4.69) is 17.5 Å². The highest BCUT2D eigenvalue weighted by molar-refractivity contribution is 5.78. The van der Waals surface area contributed by atoms with Gasteiger partial charge in [0.25, 0.3) is 0 Å². The molecule has 1 aromatic carbocycles. The molecule has 0 aromatic heterocycles. The Labute approximate surface area is 160 Å². The maximum absolute atomic E-state index is 12.7. The molecule has 0 saturated carbocycles. The summed E-state index contributed by atoms with van der Waals surface area (Å²) in [6.45, 7) is 2.82. The van der Waals surface area contributed by atoms with Crippen LogP contribution in [0.3, 0.4) is 0 Å². The van der Waals surface area contributed by atoms with Crippen LogP contribution in [-0.2, 0) is 24.4 Å². The van der Waals surface area contributed by atoms with E-state index < -0.39 is 11.5 Å². The summed E-state index contributed by atoms with van der Waals surface area (Å²) in [5.74, 6) is 1.67. The van der Waals surface area contributed by atoms with Crippen molar-refractivity contribution in [2.75, 3.05) is 34.5 Å². The lowest BCUT2D eigenvalue weighted by molar-refractivity contribution is -0.148. The van der Waals surface area contributed by atoms with E-state index in [1.54, 1.807) is 21.3 Å². The first kappa shape index (κ1) is 19.3. The summed E-state index contributed by atoms with van der Waals surface area (Å²) < 4.78 is 22.0. The number of rotatable bonds is 6. The highest BCUT2D eigenvalue weighted by Crippen LogP contribution is 2.49. The third-order valence-electron chi connectivity index (χ3n) is 5.40. The zero-order chi connectivity index (χ0) is 19.4. The van der Waals surface area contributed by atoms with Gasteiger partial charge in [0.05, 0.1) is 33.9 Å². The number of carbonyl (C=O) groups excluding carboxylic acids is 1. The molecule has 3 rings (SSSR count). The van der Waals surface area contributed by atoms with Crippen molar-refractivity contribution in [2.45, 2.75) is 24.8 Å². The Hall–Kier alpha value is -2.47. The van der Waals surface area contributed by atoms with Crippen LogP contribution in [0.25, 0.3) is 0 Å². The molecule has 146 valence electrons. The molecule has 0 bridgehead atoms. The van der Waals surface area contributed by atoms with Crippen LogP contribution in [0, 0.1) is 5.92 Å². The van der Waals surface area contributed by atoms with Gasteiger partial charge in [-0.25, -0.2) is 0 Å². The average Bonchev–Trinajstić information content (AvgIpc) is 2.72. The van der Waals surface area contributed by atoms with E-state index in [1.807, 2.05) is 31.2 Å². The van der Waals surface area contributed by atoms with Gasteiger partial charge in [-0.2, -0.15) is 0 Å². The topological polar surface area (TPSA) is 66.0 Å². The van der Waals surface area contributed by atoms with Gasteiger partial charge in [0, 0.05) is 11.5 Å². The van der Waals surface area contributed by atoms with E-state index in [0.717, 1.165) is 23.5 Å². The van der Waals surface area contributed by atoms with Crippen LogP contribution in [0.2, 0.25) is 0 Å². The summed E-state index contributed by atoms with van der Waals surface area (Å²) in [7, 11) is 4.91. The van der Waals surface area contributed by atoms with Crippen molar-refractivity contribution in [3.8, 4) is 5.75 Å². The van der Waals surface area contributed by atoms with Crippen molar-refractivity contribution >= 4 is 5.97 Å². The number of nitrogens with one attached hydrogen (secondary N) is 1. The maximum atomic E-state index is 12.7. The van der Waals surface area contributed by atoms with Gasteiger partial charge in [0.2, 0.25) is 0 Å². The second-order valence-corrected chi connectivity index (χ2v) is 6.69. The number of benzene rings is 1. The molecule has 1 aliphatic heterocycles. The predicted octanol–water partition coefficient (Wildman–Crippen LogP) is 2.55. The molecule has 2 aliphatic rings. The van der Waals surface area contributed by atoms with Gasteiger partial charge in [-0.3, -0.25) is 4.79 Å². The number of hydrogen-bond acceptors (Lipinski definition) is 6. The number of piperidine rings is 1. The predicted molar refractivity (Wildman–Crippen MR) is 101 cm³/mol. The van der Waals surface area contributed by atoms with Crippen molar-refractivity contribution in [2.24, 2.45) is 5.92 Å². The first-order valence-corrected chi connectivity index (χ1v) is 9.16. The smallest absolute Gasteiger partial charge is 0.323 e. The van der Waals surface area contributed by atoms with Crippen LogP contribution in [0.1, 0.15) is 18.9 Å². The lowest BCUT2D eigenvalue weighted by atomic mass is 9.60. The average molecular weight is 373 g/mol. The summed E-state index contributed by atoms with van der Waals surface area (Å²) in [6.07, 6.45) is 4.73. The zero-order valence-corrected chi connectivity index (χ0v) is 16.3. The maximum Gasteiger partial charge on any atom is 0.323 e. The van der Waals surface area contributed by atoms with Crippen LogP contribution < -0.4 is 10.1 Å². The highest BCUT2D eigenvalue weighted by atomic mass is 16.5. The summed E-state index contributed by atoms with van der Waals surface area (Å²) in [4.78, 5) is 12.7. The number of carbonyl (C=O) groups is 1. The normalized spacial score (nSPS) is 27.0. The van der Waals surface area contributed by atoms with E-state index in [4.69, 9.17) is 18.9 Å². The Morgan fingerprint density at radius 2 is 2.04 bits per heavy atom. The minimum absolute atomic E-state index is 0.249. The van der Waals surface area contributed by atoms with Gasteiger partial charge in [-0.15, -0.1) is 0 Å². The van der Waals surface area contributed by atoms with Gasteiger partial charge < -0.3 is 24.3 Å². The van der Waals surface area contributed by atoms with E-state index in [0.29, 0.717) is 18.9 Å². The molecule has 6 nitrogen and oxygen atoms in total. The Bertz CT molecular complexity index is 757. The van der Waals surface area contributed by atoms with Crippen LogP contribution in [0.5, 0.6) is 5.75 Å². The Kier molecular flexibility index (Phi) is 5.75. The van der Waals surface area contributed by atoms with Crippen molar-refractivity contribution in [3.63, 3.8) is 0 Å². The molecule has 1 heterocycles. The summed E-state index contributed by atoms with van der Waals surface area (Å²) in [5.41, 5.74) is 0.586. The monoisotopic (exact) mass is 373 g/mol. The van der Waals surface area contributed by atoms with Crippen LogP contribution in [0.4, 0.5) is 0 Å². The molecule has 27 heavy (non-hydrogen) atoms. The first-order chi connectivity index (χ1) is 13.1. The van der Waals surface area contributed by atoms with E-state index in [-0.39, 0.29) is 11.9 Å². The zero-order valence-electron chi connectivity index (χ0n) is 16.3. The molecule has 1 fully saturated rings. The Morgan fingerprint density at radius 1 is 1.22 bits per heavy atom. The second-order valence-electron chi connectivity index (χ2n) is 6.69. The van der Waals surface area contributed by atoms with Crippen molar-refractivity contribution < 1.29 is 23.7 Å². The fraction of sp³-hybridized carbons (Fsp3) is 0.476. The fourth-order valence-corrected chi connectivity index (χ4v) is 4.19. The quantitative estimate of drug-likeness (QED) is 0.773. The molecule has 1 N–H and O–H groups in total. The minimum atomic E-state index is -0.509. The molecule has 1 aliphatic carbocycles. The summed E-state index contributed by atoms with van der Waals surface area (Å²) in [5, 5.41) is 3.33. The van der Waals surface area contributed by atoms with Gasteiger partial charge in [-0.1, -0.05) is 12.1 Å². The van der Waals surface area contributed by atoms with Gasteiger partial charge in [0.15, 0.2) is 0 Å². The van der Waals surface area contributed by atoms with Crippen molar-refractivity contribution in [1.29, 1.82) is 0 Å². The van der Waals surface area contributed by atoms with Crippen molar-refractivity contribution in [3.05, 3.63) is 53.5 Å². The minimum Gasteiger partial charge on any atom is -0.501 e. The van der Waals surface area contributed by atoms with Crippen LogP contribution in [0.15, 0.2) is 47.9 Å². The fourth-order valence-electron chi connectivity index (χ4n) is 4.19. The van der Waals surface area contributed by atoms with Gasteiger partial charge >= 0.3 is 5.97 Å². The molecule has 1 aromatic rings. The lowest BCUT2D eigenvalue weighted by Gasteiger charge is -2.48. The summed E-state index contributed by atoms with van der Waals surface area (Å²) in [6, 6.07) is 7.45. The molecule has 3 atom stereocenters. The Morgan fingerprint density at radius 3 is 2.70 bits per heavy atom. The van der Waals surface area contributed by atoms with Crippen molar-refractivity contribution in [1.82, 2.24) is 5.32 Å². The summed E-state index contributed by atoms with van der Waals surface area (Å²) >= 11 is 0. The molecule has 0 amide bonds.